The standard InChI is InChI=1S/C7H17N.C5H12.CH4/c1-4-6-8(3)7-5-2;1-4-5(2)3;/h4-7H2,1-3H3;5H,4H2,1-3H3;1H4. The van der Waals surface area contributed by atoms with E-state index in [-0.39, 0.29) is 7.43 Å². The molecular formula is C13H33N. The first-order chi connectivity index (χ1) is 6.08. The third kappa shape index (κ3) is 22.7. The van der Waals surface area contributed by atoms with Crippen molar-refractivity contribution in [2.45, 2.75) is 61.3 Å². The van der Waals surface area contributed by atoms with E-state index >= 15 is 0 Å². The molecule has 0 aromatic heterocycles. The maximum Gasteiger partial charge on any atom is -0.00244 e. The molecule has 0 spiro atoms. The van der Waals surface area contributed by atoms with Gasteiger partial charge in [-0.2, -0.15) is 0 Å². The van der Waals surface area contributed by atoms with Crippen LogP contribution >= 0.6 is 0 Å². The highest BCUT2D eigenvalue weighted by molar-refractivity contribution is 4.45. The fraction of sp³-hybridized carbons (Fsp3) is 1.00. The molecular weight excluding hydrogens is 170 g/mol. The van der Waals surface area contributed by atoms with Gasteiger partial charge in [-0.1, -0.05) is 48.5 Å². The van der Waals surface area contributed by atoms with Crippen molar-refractivity contribution in [3.8, 4) is 0 Å². The Bertz CT molecular complexity index is 73.3. The van der Waals surface area contributed by atoms with Gasteiger partial charge in [-0.25, -0.2) is 0 Å². The quantitative estimate of drug-likeness (QED) is 0.639. The molecule has 14 heavy (non-hydrogen) atoms. The van der Waals surface area contributed by atoms with E-state index in [0.717, 1.165) is 5.92 Å². The Balaban J connectivity index is -0.000000177. The van der Waals surface area contributed by atoms with Gasteiger partial charge < -0.3 is 4.90 Å². The van der Waals surface area contributed by atoms with E-state index in [0.29, 0.717) is 0 Å². The van der Waals surface area contributed by atoms with Crippen LogP contribution < -0.4 is 0 Å². The molecule has 90 valence electrons. The molecule has 0 aromatic carbocycles. The average molecular weight is 203 g/mol. The fourth-order valence-corrected chi connectivity index (χ4v) is 0.875. The van der Waals surface area contributed by atoms with Crippen molar-refractivity contribution in [1.29, 1.82) is 0 Å². The predicted octanol–water partition coefficient (Wildman–Crippen LogP) is 4.43. The molecule has 0 rings (SSSR count). The molecule has 0 aromatic rings. The van der Waals surface area contributed by atoms with Gasteiger partial charge in [0.25, 0.3) is 0 Å². The molecule has 0 N–H and O–H groups in total. The molecule has 0 saturated heterocycles. The van der Waals surface area contributed by atoms with Gasteiger partial charge in [0.05, 0.1) is 0 Å². The average Bonchev–Trinajstić information content (AvgIpc) is 2.06. The van der Waals surface area contributed by atoms with Gasteiger partial charge in [-0.3, -0.25) is 0 Å². The Morgan fingerprint density at radius 3 is 1.36 bits per heavy atom. The zero-order chi connectivity index (χ0) is 10.7. The molecule has 0 aliphatic carbocycles. The van der Waals surface area contributed by atoms with Crippen LogP contribution in [0.3, 0.4) is 0 Å². The van der Waals surface area contributed by atoms with Crippen LogP contribution in [0.2, 0.25) is 0 Å². The Morgan fingerprint density at radius 1 is 0.929 bits per heavy atom. The first kappa shape index (κ1) is 19.5. The Labute approximate surface area is 92.9 Å². The normalized spacial score (nSPS) is 9.43. The first-order valence-corrected chi connectivity index (χ1v) is 5.76. The molecule has 0 fully saturated rings. The third-order valence-corrected chi connectivity index (χ3v) is 2.03. The molecule has 1 nitrogen and oxygen atoms in total. The van der Waals surface area contributed by atoms with Crippen LogP contribution in [-0.2, 0) is 0 Å². The Hall–Kier alpha value is -0.0400. The second kappa shape index (κ2) is 15.4. The molecule has 0 saturated carbocycles. The fourth-order valence-electron chi connectivity index (χ4n) is 0.875. The summed E-state index contributed by atoms with van der Waals surface area (Å²) in [4.78, 5) is 2.36. The summed E-state index contributed by atoms with van der Waals surface area (Å²) in [5, 5.41) is 0. The largest absolute Gasteiger partial charge is 0.306 e. The van der Waals surface area contributed by atoms with E-state index in [1.54, 1.807) is 0 Å². The van der Waals surface area contributed by atoms with Gasteiger partial charge in [-0.05, 0) is 38.9 Å². The number of rotatable bonds is 5. The number of nitrogens with zero attached hydrogens (tertiary/aromatic N) is 1. The van der Waals surface area contributed by atoms with Gasteiger partial charge >= 0.3 is 0 Å². The second-order valence-electron chi connectivity index (χ2n) is 4.11. The van der Waals surface area contributed by atoms with E-state index in [1.165, 1.54) is 32.4 Å². The smallest absolute Gasteiger partial charge is 0.00244 e. The van der Waals surface area contributed by atoms with Crippen molar-refractivity contribution in [3.05, 3.63) is 0 Å². The van der Waals surface area contributed by atoms with Crippen LogP contribution in [0.1, 0.15) is 61.3 Å². The highest BCUT2D eigenvalue weighted by atomic mass is 15.1. The molecule has 1 heteroatoms. The van der Waals surface area contributed by atoms with Crippen molar-refractivity contribution in [2.75, 3.05) is 20.1 Å². The van der Waals surface area contributed by atoms with Gasteiger partial charge in [0.15, 0.2) is 0 Å². The summed E-state index contributed by atoms with van der Waals surface area (Å²) in [6.07, 6.45) is 3.85. The lowest BCUT2D eigenvalue weighted by Crippen LogP contribution is -2.19. The minimum absolute atomic E-state index is 0. The predicted molar refractivity (Wildman–Crippen MR) is 69.9 cm³/mol. The molecule has 0 radical (unpaired) electrons. The molecule has 0 aliphatic rings. The molecule has 0 atom stereocenters. The summed E-state index contributed by atoms with van der Waals surface area (Å²) in [5.41, 5.74) is 0. The monoisotopic (exact) mass is 203 g/mol. The van der Waals surface area contributed by atoms with Crippen molar-refractivity contribution < 1.29 is 0 Å². The summed E-state index contributed by atoms with van der Waals surface area (Å²) in [6.45, 7) is 13.6. The van der Waals surface area contributed by atoms with Crippen LogP contribution in [0.4, 0.5) is 0 Å². The van der Waals surface area contributed by atoms with E-state index in [1.807, 2.05) is 0 Å². The van der Waals surface area contributed by atoms with Crippen LogP contribution in [0.25, 0.3) is 0 Å². The first-order valence-electron chi connectivity index (χ1n) is 5.76. The van der Waals surface area contributed by atoms with E-state index in [2.05, 4.69) is 46.6 Å². The minimum Gasteiger partial charge on any atom is -0.306 e. The van der Waals surface area contributed by atoms with E-state index < -0.39 is 0 Å². The van der Waals surface area contributed by atoms with Crippen molar-refractivity contribution in [2.24, 2.45) is 5.92 Å². The summed E-state index contributed by atoms with van der Waals surface area (Å²) < 4.78 is 0. The van der Waals surface area contributed by atoms with E-state index in [9.17, 15) is 0 Å². The van der Waals surface area contributed by atoms with Gasteiger partial charge in [0.1, 0.15) is 0 Å². The minimum atomic E-state index is 0. The number of hydrogen-bond acceptors (Lipinski definition) is 1. The maximum atomic E-state index is 2.36. The van der Waals surface area contributed by atoms with Crippen LogP contribution in [0.5, 0.6) is 0 Å². The summed E-state index contributed by atoms with van der Waals surface area (Å²) in [7, 11) is 2.17. The van der Waals surface area contributed by atoms with Crippen molar-refractivity contribution in [3.63, 3.8) is 0 Å². The molecule has 0 amide bonds. The second-order valence-corrected chi connectivity index (χ2v) is 4.11. The van der Waals surface area contributed by atoms with Crippen molar-refractivity contribution in [1.82, 2.24) is 4.90 Å². The highest BCUT2D eigenvalue weighted by Gasteiger charge is 1.90. The van der Waals surface area contributed by atoms with Gasteiger partial charge in [0.2, 0.25) is 0 Å². The summed E-state index contributed by atoms with van der Waals surface area (Å²) in [6, 6.07) is 0. The summed E-state index contributed by atoms with van der Waals surface area (Å²) >= 11 is 0. The van der Waals surface area contributed by atoms with Crippen molar-refractivity contribution >= 4 is 0 Å². The molecule has 0 unspecified atom stereocenters. The lowest BCUT2D eigenvalue weighted by Gasteiger charge is -2.12. The molecule has 0 bridgehead atoms. The lowest BCUT2D eigenvalue weighted by molar-refractivity contribution is 0.335. The van der Waals surface area contributed by atoms with E-state index in [4.69, 9.17) is 0 Å². The maximum absolute atomic E-state index is 2.36. The van der Waals surface area contributed by atoms with Gasteiger partial charge in [-0.15, -0.1) is 0 Å². The molecule has 0 aliphatic heterocycles. The third-order valence-electron chi connectivity index (χ3n) is 2.03. The van der Waals surface area contributed by atoms with Crippen LogP contribution in [0.15, 0.2) is 0 Å². The van der Waals surface area contributed by atoms with Crippen LogP contribution in [0, 0.1) is 5.92 Å². The summed E-state index contributed by atoms with van der Waals surface area (Å²) in [5.74, 6) is 0.884. The number of hydrogen-bond donors (Lipinski definition) is 0. The zero-order valence-corrected chi connectivity index (χ0v) is 10.6. The zero-order valence-electron chi connectivity index (χ0n) is 10.6. The topological polar surface area (TPSA) is 3.24 Å². The Kier molecular flexibility index (Phi) is 21.5. The SMILES string of the molecule is C.CCC(C)C.CCCN(C)CCC. The van der Waals surface area contributed by atoms with Crippen LogP contribution in [-0.4, -0.2) is 25.0 Å². The van der Waals surface area contributed by atoms with Gasteiger partial charge in [0, 0.05) is 0 Å². The Morgan fingerprint density at radius 2 is 1.21 bits per heavy atom. The lowest BCUT2D eigenvalue weighted by atomic mass is 10.2. The highest BCUT2D eigenvalue weighted by Crippen LogP contribution is 1.93. The molecule has 0 heterocycles.